The summed E-state index contributed by atoms with van der Waals surface area (Å²) in [5, 5.41) is 0.807. The summed E-state index contributed by atoms with van der Waals surface area (Å²) in [5.41, 5.74) is 2.74. The molecule has 0 fully saturated rings. The highest BCUT2D eigenvalue weighted by atomic mass is 32.5. The molecule has 0 aromatic carbocycles. The fraction of sp³-hybridized carbons (Fsp3) is 0.625. The fourth-order valence-electron chi connectivity index (χ4n) is 0.668. The highest BCUT2D eigenvalue weighted by Crippen LogP contribution is 2.55. The first kappa shape index (κ1) is 12.1. The predicted molar refractivity (Wildman–Crippen MR) is 55.9 cm³/mol. The fourth-order valence-corrected chi connectivity index (χ4v) is 2.83. The van der Waals surface area contributed by atoms with Crippen LogP contribution in [0.1, 0.15) is 20.8 Å². The first-order chi connectivity index (χ1) is 5.60. The van der Waals surface area contributed by atoms with E-state index in [4.69, 9.17) is 20.9 Å². The molecule has 0 radical (unpaired) electrons. The van der Waals surface area contributed by atoms with E-state index in [1.54, 1.807) is 0 Å². The van der Waals surface area contributed by atoms with Crippen molar-refractivity contribution in [3.8, 4) is 0 Å². The van der Waals surface area contributed by atoms with Crippen LogP contribution in [0.2, 0.25) is 0 Å². The lowest BCUT2D eigenvalue weighted by Gasteiger charge is -2.19. The molecule has 0 aliphatic heterocycles. The summed E-state index contributed by atoms with van der Waals surface area (Å²) in [6.07, 6.45) is 0. The van der Waals surface area contributed by atoms with E-state index in [9.17, 15) is 0 Å². The Morgan fingerprint density at radius 1 is 1.42 bits per heavy atom. The molecule has 0 atom stereocenters. The molecule has 0 heterocycles. The Labute approximate surface area is 79.4 Å². The van der Waals surface area contributed by atoms with Gasteiger partial charge in [-0.3, -0.25) is 0 Å². The van der Waals surface area contributed by atoms with Crippen molar-refractivity contribution in [1.29, 1.82) is 0 Å². The molecule has 0 aliphatic rings. The van der Waals surface area contributed by atoms with Crippen LogP contribution in [0.15, 0.2) is 17.6 Å². The second-order valence-corrected chi connectivity index (χ2v) is 5.72. The van der Waals surface area contributed by atoms with Crippen LogP contribution >= 0.6 is 6.49 Å². The normalized spacial score (nSPS) is 10.9. The summed E-state index contributed by atoms with van der Waals surface area (Å²) < 4.78 is 10.8. The zero-order valence-electron chi connectivity index (χ0n) is 7.79. The Morgan fingerprint density at radius 3 is 2.08 bits per heavy atom. The zero-order chi connectivity index (χ0) is 9.61. The van der Waals surface area contributed by atoms with Crippen molar-refractivity contribution in [2.24, 2.45) is 0 Å². The largest absolute Gasteiger partial charge is 0.326 e. The van der Waals surface area contributed by atoms with Crippen LogP contribution in [0.4, 0.5) is 0 Å². The van der Waals surface area contributed by atoms with Crippen LogP contribution in [0.5, 0.6) is 0 Å². The molecule has 0 N–H and O–H groups in total. The smallest absolute Gasteiger partial charge is 0.222 e. The molecule has 0 aromatic rings. The number of allylic oxidation sites excluding steroid dienone is 1. The molecular formula is C8H15O2PS. The predicted octanol–water partition coefficient (Wildman–Crippen LogP) is 3.06. The average molecular weight is 206 g/mol. The lowest BCUT2D eigenvalue weighted by atomic mass is 10.7. The van der Waals surface area contributed by atoms with Crippen molar-refractivity contribution < 1.29 is 9.05 Å². The number of rotatable bonds is 5. The molecule has 70 valence electrons. The van der Waals surface area contributed by atoms with Crippen LogP contribution in [-0.2, 0) is 20.9 Å². The summed E-state index contributed by atoms with van der Waals surface area (Å²) in [5.74, 6) is 0. The zero-order valence-corrected chi connectivity index (χ0v) is 9.50. The molecule has 0 saturated heterocycles. The van der Waals surface area contributed by atoms with Crippen LogP contribution in [0, 0.1) is 0 Å². The minimum atomic E-state index is -2.23. The van der Waals surface area contributed by atoms with Crippen molar-refractivity contribution in [3.05, 3.63) is 17.6 Å². The molecule has 0 aliphatic carbocycles. The van der Waals surface area contributed by atoms with Gasteiger partial charge in [-0.25, -0.2) is 0 Å². The average Bonchev–Trinajstić information content (AvgIpc) is 2.04. The first-order valence-electron chi connectivity index (χ1n) is 3.87. The molecule has 0 aromatic heterocycles. The van der Waals surface area contributed by atoms with Gasteiger partial charge in [0.2, 0.25) is 6.49 Å². The van der Waals surface area contributed by atoms with Gasteiger partial charge < -0.3 is 9.05 Å². The van der Waals surface area contributed by atoms with E-state index in [1.807, 2.05) is 20.8 Å². The van der Waals surface area contributed by atoms with Gasteiger partial charge in [0.05, 0.1) is 18.5 Å². The van der Waals surface area contributed by atoms with Crippen molar-refractivity contribution in [2.45, 2.75) is 20.8 Å². The van der Waals surface area contributed by atoms with Gasteiger partial charge in [0.15, 0.2) is 0 Å². The summed E-state index contributed by atoms with van der Waals surface area (Å²) in [6, 6.07) is 0. The maximum atomic E-state index is 5.39. The van der Waals surface area contributed by atoms with Crippen LogP contribution in [0.25, 0.3) is 0 Å². The molecule has 0 spiro atoms. The number of hydrogen-bond acceptors (Lipinski definition) is 3. The Morgan fingerprint density at radius 2 is 1.83 bits per heavy atom. The van der Waals surface area contributed by atoms with Gasteiger partial charge in [0, 0.05) is 0 Å². The quantitative estimate of drug-likeness (QED) is 0.508. The topological polar surface area (TPSA) is 18.5 Å². The maximum absolute atomic E-state index is 5.39. The highest BCUT2D eigenvalue weighted by Gasteiger charge is 2.19. The molecule has 0 bridgehead atoms. The van der Waals surface area contributed by atoms with Gasteiger partial charge in [-0.15, -0.1) is 5.73 Å². The van der Waals surface area contributed by atoms with Gasteiger partial charge in [0.25, 0.3) is 0 Å². The van der Waals surface area contributed by atoms with Gasteiger partial charge in [-0.2, -0.15) is 0 Å². The molecular weight excluding hydrogens is 191 g/mol. The van der Waals surface area contributed by atoms with Gasteiger partial charge >= 0.3 is 0 Å². The third-order valence-electron chi connectivity index (χ3n) is 1.26. The van der Waals surface area contributed by atoms with Crippen LogP contribution in [-0.4, -0.2) is 13.2 Å². The molecule has 2 nitrogen and oxygen atoms in total. The van der Waals surface area contributed by atoms with Crippen LogP contribution in [0.3, 0.4) is 0 Å². The summed E-state index contributed by atoms with van der Waals surface area (Å²) in [4.78, 5) is 0. The maximum Gasteiger partial charge on any atom is 0.222 e. The molecule has 0 saturated carbocycles. The third kappa shape index (κ3) is 3.22. The molecule has 0 rings (SSSR count). The van der Waals surface area contributed by atoms with Crippen LogP contribution < -0.4 is 0 Å². The van der Waals surface area contributed by atoms with E-state index >= 15 is 0 Å². The Hall–Kier alpha value is 0.0900. The minimum absolute atomic E-state index is 0.566. The number of hydrogen-bond donors (Lipinski definition) is 0. The Balaban J connectivity index is 4.62. The van der Waals surface area contributed by atoms with Gasteiger partial charge in [-0.05, 0) is 32.6 Å². The second-order valence-electron chi connectivity index (χ2n) is 2.10. The SMILES string of the molecule is C=C=C(C)P(=S)(OCC)OCC. The Bertz CT molecular complexity index is 221. The summed E-state index contributed by atoms with van der Waals surface area (Å²) in [6.45, 7) is 8.07. The minimum Gasteiger partial charge on any atom is -0.326 e. The van der Waals surface area contributed by atoms with Crippen molar-refractivity contribution in [1.82, 2.24) is 0 Å². The monoisotopic (exact) mass is 206 g/mol. The van der Waals surface area contributed by atoms with E-state index < -0.39 is 6.49 Å². The van der Waals surface area contributed by atoms with Gasteiger partial charge in [-0.1, -0.05) is 6.58 Å². The summed E-state index contributed by atoms with van der Waals surface area (Å²) >= 11 is 5.25. The standard InChI is InChI=1S/C8H15O2PS/c1-5-8(4)11(12,9-6-2)10-7-3/h1,6-7H2,2-4H3. The second kappa shape index (κ2) is 5.69. The van der Waals surface area contributed by atoms with Crippen molar-refractivity contribution in [3.63, 3.8) is 0 Å². The van der Waals surface area contributed by atoms with Gasteiger partial charge in [0.1, 0.15) is 0 Å². The summed E-state index contributed by atoms with van der Waals surface area (Å²) in [7, 11) is 0. The van der Waals surface area contributed by atoms with E-state index in [0.717, 1.165) is 5.31 Å². The molecule has 0 unspecified atom stereocenters. The van der Waals surface area contributed by atoms with E-state index in [2.05, 4.69) is 12.3 Å². The Kier molecular flexibility index (Phi) is 5.73. The van der Waals surface area contributed by atoms with Crippen molar-refractivity contribution >= 4 is 18.3 Å². The van der Waals surface area contributed by atoms with E-state index in [-0.39, 0.29) is 0 Å². The molecule has 12 heavy (non-hydrogen) atoms. The third-order valence-corrected chi connectivity index (χ3v) is 4.89. The van der Waals surface area contributed by atoms with E-state index in [0.29, 0.717) is 13.2 Å². The highest BCUT2D eigenvalue weighted by molar-refractivity contribution is 8.11. The van der Waals surface area contributed by atoms with Crippen molar-refractivity contribution in [2.75, 3.05) is 13.2 Å². The molecule has 0 amide bonds. The molecule has 4 heteroatoms. The lowest BCUT2D eigenvalue weighted by molar-refractivity contribution is 0.272. The lowest BCUT2D eigenvalue weighted by Crippen LogP contribution is -1.95. The van der Waals surface area contributed by atoms with E-state index in [1.165, 1.54) is 0 Å². The first-order valence-corrected chi connectivity index (χ1v) is 6.50.